The summed E-state index contributed by atoms with van der Waals surface area (Å²) in [5.41, 5.74) is 0.244. The molecule has 0 unspecified atom stereocenters. The molecule has 0 spiro atoms. The van der Waals surface area contributed by atoms with Gasteiger partial charge in [0.2, 0.25) is 0 Å². The van der Waals surface area contributed by atoms with Gasteiger partial charge in [0, 0.05) is 18.1 Å². The Labute approximate surface area is 82.5 Å². The summed E-state index contributed by atoms with van der Waals surface area (Å²) >= 11 is 0. The Morgan fingerprint density at radius 1 is 1.31 bits per heavy atom. The molecule has 1 saturated carbocycles. The van der Waals surface area contributed by atoms with Crippen molar-refractivity contribution in [3.05, 3.63) is 0 Å². The monoisotopic (exact) mass is 184 g/mol. The molecule has 0 amide bonds. The number of likely N-dealkylation sites (N-methyl/N-ethyl adjacent to an activating group) is 1. The van der Waals surface area contributed by atoms with Gasteiger partial charge >= 0.3 is 0 Å². The molecule has 0 radical (unpaired) electrons. The average Bonchev–Trinajstić information content (AvgIpc) is 1.96. The van der Waals surface area contributed by atoms with Crippen LogP contribution in [0.15, 0.2) is 0 Å². The van der Waals surface area contributed by atoms with E-state index in [1.807, 2.05) is 0 Å². The Morgan fingerprint density at radius 2 is 1.92 bits per heavy atom. The number of hydrogen-bond donors (Lipinski definition) is 2. The molecule has 78 valence electrons. The maximum absolute atomic E-state index is 3.61. The lowest BCUT2D eigenvalue weighted by Gasteiger charge is -2.36. The molecule has 0 aromatic heterocycles. The van der Waals surface area contributed by atoms with Crippen LogP contribution >= 0.6 is 0 Å². The topological polar surface area (TPSA) is 24.1 Å². The molecular weight excluding hydrogens is 160 g/mol. The van der Waals surface area contributed by atoms with Crippen LogP contribution in [0.5, 0.6) is 0 Å². The Morgan fingerprint density at radius 3 is 2.38 bits per heavy atom. The van der Waals surface area contributed by atoms with Crippen molar-refractivity contribution in [2.24, 2.45) is 5.92 Å². The summed E-state index contributed by atoms with van der Waals surface area (Å²) in [6.45, 7) is 11.1. The molecule has 0 aliphatic heterocycles. The lowest BCUT2D eigenvalue weighted by atomic mass is 9.81. The van der Waals surface area contributed by atoms with Crippen molar-refractivity contribution in [2.75, 3.05) is 13.1 Å². The first-order chi connectivity index (χ1) is 6.03. The highest BCUT2D eigenvalue weighted by atomic mass is 15.0. The van der Waals surface area contributed by atoms with Crippen LogP contribution in [0.4, 0.5) is 0 Å². The summed E-state index contributed by atoms with van der Waals surface area (Å²) in [6, 6.07) is 0.785. The van der Waals surface area contributed by atoms with Gasteiger partial charge in [-0.15, -0.1) is 0 Å². The van der Waals surface area contributed by atoms with Crippen molar-refractivity contribution in [1.29, 1.82) is 0 Å². The van der Waals surface area contributed by atoms with Crippen LogP contribution in [-0.2, 0) is 0 Å². The first kappa shape index (κ1) is 11.0. The van der Waals surface area contributed by atoms with E-state index in [0.29, 0.717) is 0 Å². The van der Waals surface area contributed by atoms with Gasteiger partial charge in [0.1, 0.15) is 0 Å². The molecule has 0 bridgehead atoms. The van der Waals surface area contributed by atoms with Crippen molar-refractivity contribution in [1.82, 2.24) is 10.6 Å². The van der Waals surface area contributed by atoms with Crippen molar-refractivity contribution in [3.63, 3.8) is 0 Å². The lowest BCUT2D eigenvalue weighted by molar-refractivity contribution is 0.221. The fraction of sp³-hybridized carbons (Fsp3) is 1.00. The third-order valence-electron chi connectivity index (χ3n) is 2.86. The minimum absolute atomic E-state index is 0.244. The zero-order valence-electron chi connectivity index (χ0n) is 9.48. The van der Waals surface area contributed by atoms with Crippen LogP contribution in [-0.4, -0.2) is 24.7 Å². The van der Waals surface area contributed by atoms with Gasteiger partial charge in [0.05, 0.1) is 0 Å². The molecule has 1 fully saturated rings. The van der Waals surface area contributed by atoms with E-state index in [4.69, 9.17) is 0 Å². The third-order valence-corrected chi connectivity index (χ3v) is 2.86. The van der Waals surface area contributed by atoms with Gasteiger partial charge in [-0.3, -0.25) is 0 Å². The van der Waals surface area contributed by atoms with Crippen LogP contribution in [0.3, 0.4) is 0 Å². The van der Waals surface area contributed by atoms with Gasteiger partial charge in [-0.1, -0.05) is 13.8 Å². The molecule has 2 heteroatoms. The summed E-state index contributed by atoms with van der Waals surface area (Å²) in [4.78, 5) is 0. The van der Waals surface area contributed by atoms with Gasteiger partial charge in [-0.25, -0.2) is 0 Å². The van der Waals surface area contributed by atoms with Crippen LogP contribution < -0.4 is 10.6 Å². The van der Waals surface area contributed by atoms with Crippen molar-refractivity contribution in [3.8, 4) is 0 Å². The molecule has 0 aromatic rings. The maximum Gasteiger partial charge on any atom is 0.0249 e. The molecule has 0 aromatic carbocycles. The van der Waals surface area contributed by atoms with E-state index in [9.17, 15) is 0 Å². The predicted molar refractivity (Wildman–Crippen MR) is 57.9 cm³/mol. The smallest absolute Gasteiger partial charge is 0.0249 e. The predicted octanol–water partition coefficient (Wildman–Crippen LogP) is 1.76. The summed E-state index contributed by atoms with van der Waals surface area (Å²) < 4.78 is 0. The van der Waals surface area contributed by atoms with E-state index in [0.717, 1.165) is 25.0 Å². The molecule has 2 N–H and O–H groups in total. The summed E-state index contributed by atoms with van der Waals surface area (Å²) in [7, 11) is 0. The van der Waals surface area contributed by atoms with E-state index >= 15 is 0 Å². The largest absolute Gasteiger partial charge is 0.312 e. The summed E-state index contributed by atoms with van der Waals surface area (Å²) in [6.07, 6.45) is 2.73. The standard InChI is InChI=1S/C11H24N2/c1-5-13-11(3,4)8-12-10-6-9(2)7-10/h9-10,12-13H,5-8H2,1-4H3. The normalized spacial score (nSPS) is 28.6. The molecule has 0 heterocycles. The second kappa shape index (κ2) is 4.43. The highest BCUT2D eigenvalue weighted by Gasteiger charge is 2.26. The number of hydrogen-bond acceptors (Lipinski definition) is 2. The lowest BCUT2D eigenvalue weighted by Crippen LogP contribution is -2.52. The number of nitrogens with one attached hydrogen (secondary N) is 2. The van der Waals surface area contributed by atoms with Gasteiger partial charge in [-0.05, 0) is 39.2 Å². The second-order valence-corrected chi connectivity index (χ2v) is 5.07. The Bertz CT molecular complexity index is 148. The SMILES string of the molecule is CCNC(C)(C)CNC1CC(C)C1. The molecule has 2 nitrogen and oxygen atoms in total. The number of rotatable bonds is 5. The first-order valence-corrected chi connectivity index (χ1v) is 5.52. The molecule has 1 aliphatic rings. The zero-order valence-corrected chi connectivity index (χ0v) is 9.48. The fourth-order valence-electron chi connectivity index (χ4n) is 2.01. The molecule has 1 aliphatic carbocycles. The molecule has 1 rings (SSSR count). The Hall–Kier alpha value is -0.0800. The molecule has 13 heavy (non-hydrogen) atoms. The van der Waals surface area contributed by atoms with Crippen molar-refractivity contribution < 1.29 is 0 Å². The highest BCUT2D eigenvalue weighted by molar-refractivity contribution is 4.87. The highest BCUT2D eigenvalue weighted by Crippen LogP contribution is 2.26. The Balaban J connectivity index is 2.10. The zero-order chi connectivity index (χ0) is 9.90. The summed E-state index contributed by atoms with van der Waals surface area (Å²) in [5.74, 6) is 0.944. The van der Waals surface area contributed by atoms with Gasteiger partial charge < -0.3 is 10.6 Å². The van der Waals surface area contributed by atoms with Crippen molar-refractivity contribution in [2.45, 2.75) is 52.1 Å². The minimum atomic E-state index is 0.244. The second-order valence-electron chi connectivity index (χ2n) is 5.07. The van der Waals surface area contributed by atoms with E-state index in [-0.39, 0.29) is 5.54 Å². The van der Waals surface area contributed by atoms with Gasteiger partial charge in [0.25, 0.3) is 0 Å². The van der Waals surface area contributed by atoms with Gasteiger partial charge in [-0.2, -0.15) is 0 Å². The quantitative estimate of drug-likeness (QED) is 0.680. The van der Waals surface area contributed by atoms with Crippen LogP contribution in [0.1, 0.15) is 40.5 Å². The van der Waals surface area contributed by atoms with E-state index in [2.05, 4.69) is 38.3 Å². The van der Waals surface area contributed by atoms with Crippen LogP contribution in [0, 0.1) is 5.92 Å². The fourth-order valence-corrected chi connectivity index (χ4v) is 2.01. The first-order valence-electron chi connectivity index (χ1n) is 5.52. The van der Waals surface area contributed by atoms with E-state index in [1.54, 1.807) is 0 Å². The Kier molecular flexibility index (Phi) is 3.74. The molecular formula is C11H24N2. The van der Waals surface area contributed by atoms with E-state index < -0.39 is 0 Å². The minimum Gasteiger partial charge on any atom is -0.312 e. The van der Waals surface area contributed by atoms with E-state index in [1.165, 1.54) is 12.8 Å². The summed E-state index contributed by atoms with van der Waals surface area (Å²) in [5, 5.41) is 7.09. The molecule has 0 atom stereocenters. The van der Waals surface area contributed by atoms with Crippen LogP contribution in [0.2, 0.25) is 0 Å². The van der Waals surface area contributed by atoms with Crippen LogP contribution in [0.25, 0.3) is 0 Å². The van der Waals surface area contributed by atoms with Gasteiger partial charge in [0.15, 0.2) is 0 Å². The average molecular weight is 184 g/mol. The van der Waals surface area contributed by atoms with Crippen molar-refractivity contribution >= 4 is 0 Å². The maximum atomic E-state index is 3.61. The third kappa shape index (κ3) is 3.65. The molecule has 0 saturated heterocycles.